The second-order valence-electron chi connectivity index (χ2n) is 7.42. The van der Waals surface area contributed by atoms with Crippen LogP contribution >= 0.6 is 0 Å². The first kappa shape index (κ1) is 20.6. The first-order valence-electron chi connectivity index (χ1n) is 10.3. The van der Waals surface area contributed by atoms with Gasteiger partial charge in [-0.15, -0.1) is 0 Å². The van der Waals surface area contributed by atoms with Gasteiger partial charge in [-0.1, -0.05) is 36.4 Å². The van der Waals surface area contributed by atoms with Gasteiger partial charge < -0.3 is 15.0 Å². The summed E-state index contributed by atoms with van der Waals surface area (Å²) in [6.07, 6.45) is 4.61. The predicted octanol–water partition coefficient (Wildman–Crippen LogP) is 5.09. The van der Waals surface area contributed by atoms with E-state index < -0.39 is 0 Å². The number of hydrogen-bond acceptors (Lipinski definition) is 3. The first-order chi connectivity index (χ1) is 15.1. The molecule has 1 amide bonds. The van der Waals surface area contributed by atoms with Crippen LogP contribution in [-0.2, 0) is 17.8 Å². The number of carbonyl (C=O) groups excluding carboxylic acids is 1. The lowest BCUT2D eigenvalue weighted by molar-refractivity contribution is -0.121. The maximum atomic E-state index is 13.9. The fraction of sp³-hybridized carbons (Fsp3) is 0.200. The molecule has 158 valence electrons. The van der Waals surface area contributed by atoms with Crippen molar-refractivity contribution in [2.75, 3.05) is 0 Å². The monoisotopic (exact) mass is 417 g/mol. The van der Waals surface area contributed by atoms with E-state index in [1.807, 2.05) is 31.3 Å². The number of fused-ring (bicyclic) bond motifs is 1. The average molecular weight is 417 g/mol. The Morgan fingerprint density at radius 2 is 1.90 bits per heavy atom. The minimum atomic E-state index is -0.340. The highest BCUT2D eigenvalue weighted by molar-refractivity contribution is 5.84. The summed E-state index contributed by atoms with van der Waals surface area (Å²) in [6, 6.07) is 17.7. The second-order valence-corrected chi connectivity index (χ2v) is 7.42. The fourth-order valence-corrected chi connectivity index (χ4v) is 3.59. The molecule has 0 unspecified atom stereocenters. The molecule has 0 saturated heterocycles. The number of nitrogens with one attached hydrogen (secondary N) is 2. The summed E-state index contributed by atoms with van der Waals surface area (Å²) in [4.78, 5) is 20.2. The Morgan fingerprint density at radius 1 is 1.10 bits per heavy atom. The van der Waals surface area contributed by atoms with Crippen molar-refractivity contribution >= 4 is 16.8 Å². The van der Waals surface area contributed by atoms with Crippen molar-refractivity contribution in [3.63, 3.8) is 0 Å². The lowest BCUT2D eigenvalue weighted by atomic mass is 10.1. The summed E-state index contributed by atoms with van der Waals surface area (Å²) in [5, 5.41) is 4.13. The van der Waals surface area contributed by atoms with Crippen molar-refractivity contribution in [1.82, 2.24) is 15.3 Å². The number of rotatable bonds is 8. The summed E-state index contributed by atoms with van der Waals surface area (Å²) in [5.41, 5.74) is 3.26. The molecular formula is C25H24FN3O2. The molecule has 2 heterocycles. The van der Waals surface area contributed by atoms with E-state index in [1.54, 1.807) is 36.5 Å². The Kier molecular flexibility index (Phi) is 6.26. The summed E-state index contributed by atoms with van der Waals surface area (Å²) in [5.74, 6) is 0.144. The van der Waals surface area contributed by atoms with E-state index in [1.165, 1.54) is 6.07 Å². The van der Waals surface area contributed by atoms with Crippen LogP contribution in [0.4, 0.5) is 4.39 Å². The van der Waals surface area contributed by atoms with E-state index >= 15 is 0 Å². The zero-order chi connectivity index (χ0) is 21.6. The molecule has 0 bridgehead atoms. The molecule has 0 fully saturated rings. The molecule has 0 aliphatic heterocycles. The van der Waals surface area contributed by atoms with E-state index in [-0.39, 0.29) is 24.4 Å². The Bertz CT molecular complexity index is 1190. The van der Waals surface area contributed by atoms with E-state index in [0.717, 1.165) is 16.5 Å². The second kappa shape index (κ2) is 9.43. The third-order valence-electron chi connectivity index (χ3n) is 5.22. The van der Waals surface area contributed by atoms with E-state index in [9.17, 15) is 9.18 Å². The maximum absolute atomic E-state index is 13.9. The van der Waals surface area contributed by atoms with Gasteiger partial charge >= 0.3 is 0 Å². The lowest BCUT2D eigenvalue weighted by Gasteiger charge is -2.17. The van der Waals surface area contributed by atoms with Gasteiger partial charge in [0.1, 0.15) is 23.9 Å². The Balaban J connectivity index is 1.37. The Morgan fingerprint density at radius 3 is 2.77 bits per heavy atom. The van der Waals surface area contributed by atoms with E-state index in [0.29, 0.717) is 29.8 Å². The first-order valence-corrected chi connectivity index (χ1v) is 10.3. The van der Waals surface area contributed by atoms with Crippen LogP contribution in [-0.4, -0.2) is 15.9 Å². The molecule has 0 radical (unpaired) electrons. The number of ether oxygens (including phenoxy) is 1. The van der Waals surface area contributed by atoms with Gasteiger partial charge in [0, 0.05) is 35.3 Å². The molecule has 4 aromatic rings. The van der Waals surface area contributed by atoms with Gasteiger partial charge in [-0.25, -0.2) is 4.39 Å². The van der Waals surface area contributed by atoms with Crippen LogP contribution in [0, 0.1) is 5.82 Å². The molecule has 2 aromatic carbocycles. The highest BCUT2D eigenvalue weighted by Gasteiger charge is 2.16. The quantitative estimate of drug-likeness (QED) is 0.420. The third kappa shape index (κ3) is 4.91. The standard InChI is InChI=1S/C25H24FN3O2/c1-17(29-24(30)13-12-18-15-28-22-10-5-3-8-20(18)22)25-23(11-6-14-27-25)31-16-19-7-2-4-9-21(19)26/h2-11,14-15,17,28H,12-13,16H2,1H3,(H,29,30)/t17-/m1/s1. The molecule has 4 rings (SSSR count). The number of amides is 1. The number of aromatic nitrogens is 2. The van der Waals surface area contributed by atoms with Gasteiger partial charge in [0.25, 0.3) is 0 Å². The highest BCUT2D eigenvalue weighted by atomic mass is 19.1. The summed E-state index contributed by atoms with van der Waals surface area (Å²) >= 11 is 0. The number of hydrogen-bond donors (Lipinski definition) is 2. The van der Waals surface area contributed by atoms with Crippen molar-refractivity contribution in [2.45, 2.75) is 32.4 Å². The summed E-state index contributed by atoms with van der Waals surface area (Å²) in [6.45, 7) is 1.95. The van der Waals surface area contributed by atoms with Gasteiger partial charge in [-0.3, -0.25) is 9.78 Å². The van der Waals surface area contributed by atoms with Gasteiger partial charge in [-0.2, -0.15) is 0 Å². The largest absolute Gasteiger partial charge is 0.487 e. The van der Waals surface area contributed by atoms with Gasteiger partial charge in [0.2, 0.25) is 5.91 Å². The number of aryl methyl sites for hydroxylation is 1. The number of pyridine rings is 1. The zero-order valence-corrected chi connectivity index (χ0v) is 17.3. The molecule has 2 N–H and O–H groups in total. The molecule has 2 aromatic heterocycles. The van der Waals surface area contributed by atoms with Gasteiger partial charge in [0.15, 0.2) is 0 Å². The molecule has 0 saturated carbocycles. The van der Waals surface area contributed by atoms with Gasteiger partial charge in [0.05, 0.1) is 6.04 Å². The molecule has 0 aliphatic rings. The Labute approximate surface area is 180 Å². The highest BCUT2D eigenvalue weighted by Crippen LogP contribution is 2.24. The summed E-state index contributed by atoms with van der Waals surface area (Å²) < 4.78 is 19.7. The minimum absolute atomic E-state index is 0.0662. The smallest absolute Gasteiger partial charge is 0.220 e. The van der Waals surface area contributed by atoms with Crippen LogP contribution in [0.15, 0.2) is 73.1 Å². The minimum Gasteiger partial charge on any atom is -0.487 e. The number of nitrogens with zero attached hydrogens (tertiary/aromatic N) is 1. The van der Waals surface area contributed by atoms with E-state index in [2.05, 4.69) is 21.4 Å². The van der Waals surface area contributed by atoms with E-state index in [4.69, 9.17) is 4.74 Å². The lowest BCUT2D eigenvalue weighted by Crippen LogP contribution is -2.27. The molecule has 0 spiro atoms. The maximum Gasteiger partial charge on any atom is 0.220 e. The van der Waals surface area contributed by atoms with Crippen LogP contribution in [0.5, 0.6) is 5.75 Å². The van der Waals surface area contributed by atoms with Crippen molar-refractivity contribution in [3.8, 4) is 5.75 Å². The SMILES string of the molecule is C[C@@H](NC(=O)CCc1c[nH]c2ccccc12)c1ncccc1OCc1ccccc1F. The topological polar surface area (TPSA) is 67.0 Å². The van der Waals surface area contributed by atoms with Crippen LogP contribution < -0.4 is 10.1 Å². The van der Waals surface area contributed by atoms with Crippen molar-refractivity contribution in [2.24, 2.45) is 0 Å². The number of H-pyrrole nitrogens is 1. The molecule has 0 aliphatic carbocycles. The molecule has 31 heavy (non-hydrogen) atoms. The van der Waals surface area contributed by atoms with Crippen molar-refractivity contribution in [1.29, 1.82) is 0 Å². The molecule has 1 atom stereocenters. The third-order valence-corrected chi connectivity index (χ3v) is 5.22. The Hall–Kier alpha value is -3.67. The number of benzene rings is 2. The summed E-state index contributed by atoms with van der Waals surface area (Å²) in [7, 11) is 0. The normalized spacial score (nSPS) is 11.9. The predicted molar refractivity (Wildman–Crippen MR) is 118 cm³/mol. The number of aromatic amines is 1. The number of halogens is 1. The molecular weight excluding hydrogens is 393 g/mol. The zero-order valence-electron chi connectivity index (χ0n) is 17.3. The number of carbonyl (C=O) groups is 1. The fourth-order valence-electron chi connectivity index (χ4n) is 3.59. The van der Waals surface area contributed by atoms with Crippen LogP contribution in [0.1, 0.15) is 36.2 Å². The van der Waals surface area contributed by atoms with Crippen molar-refractivity contribution in [3.05, 3.63) is 95.7 Å². The average Bonchev–Trinajstić information content (AvgIpc) is 3.20. The molecule has 6 heteroatoms. The van der Waals surface area contributed by atoms with Crippen LogP contribution in [0.2, 0.25) is 0 Å². The molecule has 5 nitrogen and oxygen atoms in total. The van der Waals surface area contributed by atoms with Gasteiger partial charge in [-0.05, 0) is 43.2 Å². The van der Waals surface area contributed by atoms with Crippen molar-refractivity contribution < 1.29 is 13.9 Å². The van der Waals surface area contributed by atoms with Crippen LogP contribution in [0.3, 0.4) is 0 Å². The number of para-hydroxylation sites is 1. The van der Waals surface area contributed by atoms with Crippen LogP contribution in [0.25, 0.3) is 10.9 Å².